The highest BCUT2D eigenvalue weighted by Crippen LogP contribution is 2.53. The second-order valence-corrected chi connectivity index (χ2v) is 6.77. The fraction of sp³-hybridized carbons (Fsp3) is 0.294. The van der Waals surface area contributed by atoms with Crippen molar-refractivity contribution in [1.82, 2.24) is 4.90 Å². The van der Waals surface area contributed by atoms with Crippen molar-refractivity contribution >= 4 is 23.1 Å². The van der Waals surface area contributed by atoms with Gasteiger partial charge in [-0.2, -0.15) is 0 Å². The lowest BCUT2D eigenvalue weighted by molar-refractivity contribution is 0.280. The van der Waals surface area contributed by atoms with Gasteiger partial charge in [0, 0.05) is 22.4 Å². The molecule has 2 aliphatic heterocycles. The third-order valence-electron chi connectivity index (χ3n) is 4.28. The van der Waals surface area contributed by atoms with Crippen molar-refractivity contribution in [1.29, 1.82) is 0 Å². The van der Waals surface area contributed by atoms with Crippen molar-refractivity contribution in [2.45, 2.75) is 22.3 Å². The number of fused-ring (bicyclic) bond motifs is 2. The molecule has 0 amide bonds. The highest BCUT2D eigenvalue weighted by molar-refractivity contribution is 7.99. The van der Waals surface area contributed by atoms with Crippen molar-refractivity contribution in [2.75, 3.05) is 25.5 Å². The molecule has 2 nitrogen and oxygen atoms in total. The van der Waals surface area contributed by atoms with Crippen LogP contribution in [0.5, 0.6) is 0 Å². The molecule has 0 saturated heterocycles. The zero-order chi connectivity index (χ0) is 13.7. The van der Waals surface area contributed by atoms with Crippen LogP contribution < -0.4 is 4.90 Å². The zero-order valence-electron chi connectivity index (χ0n) is 11.8. The van der Waals surface area contributed by atoms with Crippen LogP contribution in [-0.4, -0.2) is 25.5 Å². The summed E-state index contributed by atoms with van der Waals surface area (Å²) in [4.78, 5) is 7.63. The van der Waals surface area contributed by atoms with Gasteiger partial charge < -0.3 is 9.80 Å². The lowest BCUT2D eigenvalue weighted by atomic mass is 9.95. The van der Waals surface area contributed by atoms with Gasteiger partial charge in [-0.1, -0.05) is 36.0 Å². The Morgan fingerprint density at radius 1 is 1.05 bits per heavy atom. The Kier molecular flexibility index (Phi) is 2.79. The van der Waals surface area contributed by atoms with Crippen LogP contribution in [0.2, 0.25) is 0 Å². The number of rotatable bonds is 1. The molecule has 2 aromatic rings. The SMILES string of the molecule is CN(C)C1CCN2c3ccccc3Sc3cccc1c32. The van der Waals surface area contributed by atoms with Crippen LogP contribution in [0.3, 0.4) is 0 Å². The van der Waals surface area contributed by atoms with Crippen LogP contribution in [0.4, 0.5) is 11.4 Å². The standard InChI is InChI=1S/C17H18N2S/c1-18(2)13-10-11-19-14-7-3-4-8-15(14)20-16-9-5-6-12(13)17(16)19/h3-9,13H,10-11H2,1-2H3. The van der Waals surface area contributed by atoms with Crippen molar-refractivity contribution in [3.05, 3.63) is 48.0 Å². The minimum absolute atomic E-state index is 0.534. The number of benzene rings is 2. The Bertz CT molecular complexity index is 666. The van der Waals surface area contributed by atoms with Crippen molar-refractivity contribution in [3.63, 3.8) is 0 Å². The summed E-state index contributed by atoms with van der Waals surface area (Å²) in [5.74, 6) is 0. The predicted molar refractivity (Wildman–Crippen MR) is 85.1 cm³/mol. The minimum Gasteiger partial charge on any atom is -0.339 e. The molecule has 0 aromatic heterocycles. The zero-order valence-corrected chi connectivity index (χ0v) is 12.7. The van der Waals surface area contributed by atoms with Gasteiger partial charge in [0.05, 0.1) is 11.4 Å². The van der Waals surface area contributed by atoms with Gasteiger partial charge >= 0.3 is 0 Å². The molecule has 0 fully saturated rings. The van der Waals surface area contributed by atoms with Gasteiger partial charge in [0.2, 0.25) is 0 Å². The predicted octanol–water partition coefficient (Wildman–Crippen LogP) is 4.30. The molecule has 1 atom stereocenters. The maximum absolute atomic E-state index is 2.51. The molecule has 20 heavy (non-hydrogen) atoms. The van der Waals surface area contributed by atoms with Crippen LogP contribution in [0.25, 0.3) is 0 Å². The number of hydrogen-bond acceptors (Lipinski definition) is 3. The summed E-state index contributed by atoms with van der Waals surface area (Å²) in [6, 6.07) is 16.0. The Morgan fingerprint density at radius 2 is 1.85 bits per heavy atom. The first-order chi connectivity index (χ1) is 9.75. The molecule has 102 valence electrons. The summed E-state index contributed by atoms with van der Waals surface area (Å²) in [5.41, 5.74) is 4.27. The molecule has 4 rings (SSSR count). The van der Waals surface area contributed by atoms with Gasteiger partial charge in [-0.25, -0.2) is 0 Å². The monoisotopic (exact) mass is 282 g/mol. The van der Waals surface area contributed by atoms with Gasteiger partial charge in [-0.05, 0) is 44.3 Å². The summed E-state index contributed by atoms with van der Waals surface area (Å²) < 4.78 is 0. The number of para-hydroxylation sites is 2. The lowest BCUT2D eigenvalue weighted by Crippen LogP contribution is -2.34. The molecular weight excluding hydrogens is 264 g/mol. The first-order valence-electron chi connectivity index (χ1n) is 7.09. The van der Waals surface area contributed by atoms with E-state index in [0.29, 0.717) is 6.04 Å². The molecule has 0 bridgehead atoms. The van der Waals surface area contributed by atoms with E-state index in [-0.39, 0.29) is 0 Å². The van der Waals surface area contributed by atoms with E-state index in [2.05, 4.69) is 66.4 Å². The van der Waals surface area contributed by atoms with E-state index in [1.807, 2.05) is 11.8 Å². The molecule has 0 N–H and O–H groups in total. The maximum atomic E-state index is 2.51. The van der Waals surface area contributed by atoms with Gasteiger partial charge in [0.25, 0.3) is 0 Å². The molecule has 0 aliphatic carbocycles. The first-order valence-corrected chi connectivity index (χ1v) is 7.91. The topological polar surface area (TPSA) is 6.48 Å². The summed E-state index contributed by atoms with van der Waals surface area (Å²) in [7, 11) is 4.37. The van der Waals surface area contributed by atoms with E-state index in [1.54, 1.807) is 0 Å². The van der Waals surface area contributed by atoms with Crippen molar-refractivity contribution in [3.8, 4) is 0 Å². The van der Waals surface area contributed by atoms with E-state index in [4.69, 9.17) is 0 Å². The summed E-state index contributed by atoms with van der Waals surface area (Å²) in [6.45, 7) is 1.10. The van der Waals surface area contributed by atoms with E-state index in [1.165, 1.54) is 33.2 Å². The number of hydrogen-bond donors (Lipinski definition) is 0. The van der Waals surface area contributed by atoms with Crippen LogP contribution in [0.15, 0.2) is 52.3 Å². The van der Waals surface area contributed by atoms with E-state index in [9.17, 15) is 0 Å². The van der Waals surface area contributed by atoms with Gasteiger partial charge in [0.15, 0.2) is 0 Å². The van der Waals surface area contributed by atoms with E-state index in [0.717, 1.165) is 6.54 Å². The summed E-state index contributed by atoms with van der Waals surface area (Å²) in [6.07, 6.45) is 1.18. The Morgan fingerprint density at radius 3 is 2.70 bits per heavy atom. The average molecular weight is 282 g/mol. The van der Waals surface area contributed by atoms with Crippen LogP contribution in [-0.2, 0) is 0 Å². The molecule has 2 aromatic carbocycles. The number of nitrogens with zero attached hydrogens (tertiary/aromatic N) is 2. The molecule has 0 spiro atoms. The molecule has 1 unspecified atom stereocenters. The Hall–Kier alpha value is -1.45. The molecule has 3 heteroatoms. The first kappa shape index (κ1) is 12.3. The summed E-state index contributed by atoms with van der Waals surface area (Å²) in [5, 5.41) is 0. The van der Waals surface area contributed by atoms with E-state index >= 15 is 0 Å². The largest absolute Gasteiger partial charge is 0.339 e. The second-order valence-electron chi connectivity index (χ2n) is 5.68. The fourth-order valence-electron chi connectivity index (χ4n) is 3.36. The fourth-order valence-corrected chi connectivity index (χ4v) is 4.50. The summed E-state index contributed by atoms with van der Waals surface area (Å²) >= 11 is 1.90. The second kappa shape index (κ2) is 4.54. The molecular formula is C17H18N2S. The van der Waals surface area contributed by atoms with Gasteiger partial charge in [0.1, 0.15) is 0 Å². The normalized spacial score (nSPS) is 19.8. The third kappa shape index (κ3) is 1.70. The molecule has 2 heterocycles. The smallest absolute Gasteiger partial charge is 0.0601 e. The van der Waals surface area contributed by atoms with Crippen LogP contribution in [0.1, 0.15) is 18.0 Å². The highest BCUT2D eigenvalue weighted by Gasteiger charge is 2.32. The van der Waals surface area contributed by atoms with Crippen molar-refractivity contribution in [2.24, 2.45) is 0 Å². The molecule has 2 aliphatic rings. The van der Waals surface area contributed by atoms with Gasteiger partial charge in [-0.3, -0.25) is 0 Å². The highest BCUT2D eigenvalue weighted by atomic mass is 32.2. The molecule has 0 radical (unpaired) electrons. The van der Waals surface area contributed by atoms with Crippen LogP contribution >= 0.6 is 11.8 Å². The van der Waals surface area contributed by atoms with E-state index < -0.39 is 0 Å². The van der Waals surface area contributed by atoms with Crippen molar-refractivity contribution < 1.29 is 0 Å². The van der Waals surface area contributed by atoms with Crippen LogP contribution in [0, 0.1) is 0 Å². The maximum Gasteiger partial charge on any atom is 0.0601 e. The minimum atomic E-state index is 0.534. The Labute approximate surface area is 124 Å². The average Bonchev–Trinajstić information content (AvgIpc) is 2.47. The number of anilines is 2. The quantitative estimate of drug-likeness (QED) is 0.770. The lowest BCUT2D eigenvalue weighted by Gasteiger charge is -2.42. The Balaban J connectivity index is 1.92. The third-order valence-corrected chi connectivity index (χ3v) is 5.40. The van der Waals surface area contributed by atoms with Gasteiger partial charge in [-0.15, -0.1) is 0 Å². The molecule has 0 saturated carbocycles.